The van der Waals surface area contributed by atoms with Crippen molar-refractivity contribution in [2.45, 2.75) is 39.6 Å². The van der Waals surface area contributed by atoms with Crippen molar-refractivity contribution in [3.63, 3.8) is 0 Å². The molecule has 1 rings (SSSR count). The summed E-state index contributed by atoms with van der Waals surface area (Å²) in [5.41, 5.74) is 0.878. The number of nitrogens with one attached hydrogen (secondary N) is 1. The number of carbonyl (C=O) groups is 1. The maximum absolute atomic E-state index is 12.6. The molecule has 7 heteroatoms. The third-order valence-corrected chi connectivity index (χ3v) is 5.38. The highest BCUT2D eigenvalue weighted by atomic mass is 31.2. The van der Waals surface area contributed by atoms with Crippen LogP contribution in [0, 0.1) is 0 Å². The van der Waals surface area contributed by atoms with Gasteiger partial charge in [-0.05, 0) is 25.8 Å². The molecule has 0 saturated carbocycles. The van der Waals surface area contributed by atoms with E-state index in [0.29, 0.717) is 6.42 Å². The Kier molecular flexibility index (Phi) is 8.17. The second-order valence-corrected chi connectivity index (χ2v) is 6.72. The molecule has 1 aromatic rings. The average Bonchev–Trinajstić information content (AvgIpc) is 2.52. The zero-order valence-corrected chi connectivity index (χ0v) is 14.2. The zero-order valence-electron chi connectivity index (χ0n) is 13.3. The topological polar surface area (TPSA) is 73.9 Å². The molecule has 0 aliphatic rings. The minimum absolute atomic E-state index is 0.149. The van der Waals surface area contributed by atoms with E-state index in [0.717, 1.165) is 5.56 Å². The van der Waals surface area contributed by atoms with E-state index in [2.05, 4.69) is 5.32 Å². The molecule has 1 N–H and O–H groups in total. The Bertz CT molecular complexity index is 484. The molecule has 0 aromatic heterocycles. The Morgan fingerprint density at radius 2 is 1.73 bits per heavy atom. The molecular weight excluding hydrogens is 305 g/mol. The number of ether oxygens (including phenoxy) is 1. The molecule has 22 heavy (non-hydrogen) atoms. The Morgan fingerprint density at radius 1 is 1.14 bits per heavy atom. The summed E-state index contributed by atoms with van der Waals surface area (Å²) in [5.74, 6) is -0.726. The van der Waals surface area contributed by atoms with Crippen LogP contribution in [0.4, 0.5) is 4.79 Å². The summed E-state index contributed by atoms with van der Waals surface area (Å²) in [6.45, 7) is 5.89. The van der Waals surface area contributed by atoms with Crippen molar-refractivity contribution in [2.24, 2.45) is 0 Å². The normalized spacial score (nSPS) is 12.7. The Balaban J connectivity index is 2.60. The predicted molar refractivity (Wildman–Crippen MR) is 84.7 cm³/mol. The maximum Gasteiger partial charge on any atom is 0.408 e. The molecule has 1 atom stereocenters. The van der Waals surface area contributed by atoms with Gasteiger partial charge in [-0.2, -0.15) is 0 Å². The lowest BCUT2D eigenvalue weighted by atomic mass is 10.2. The molecule has 0 aliphatic carbocycles. The average molecular weight is 329 g/mol. The molecule has 1 amide bonds. The highest BCUT2D eigenvalue weighted by Gasteiger charge is 2.35. The number of hydrogen-bond acceptors (Lipinski definition) is 5. The van der Waals surface area contributed by atoms with Crippen molar-refractivity contribution in [2.75, 3.05) is 13.2 Å². The van der Waals surface area contributed by atoms with Crippen molar-refractivity contribution >= 4 is 13.7 Å². The first-order chi connectivity index (χ1) is 10.6. The molecule has 0 radical (unpaired) electrons. The minimum atomic E-state index is -3.39. The second-order valence-electron chi connectivity index (χ2n) is 4.51. The van der Waals surface area contributed by atoms with Gasteiger partial charge in [-0.15, -0.1) is 0 Å². The third kappa shape index (κ3) is 5.79. The van der Waals surface area contributed by atoms with Gasteiger partial charge in [0.25, 0.3) is 0 Å². The fraction of sp³-hybridized carbons (Fsp3) is 0.533. The first kappa shape index (κ1) is 18.7. The van der Waals surface area contributed by atoms with Gasteiger partial charge >= 0.3 is 13.7 Å². The van der Waals surface area contributed by atoms with Crippen LogP contribution in [0.5, 0.6) is 0 Å². The number of alkyl carbamates (subject to hydrolysis) is 1. The van der Waals surface area contributed by atoms with Crippen LogP contribution in [0.3, 0.4) is 0 Å². The molecule has 0 aliphatic heterocycles. The van der Waals surface area contributed by atoms with Gasteiger partial charge in [0.05, 0.1) is 13.2 Å². The molecule has 0 fully saturated rings. The first-order valence-corrected chi connectivity index (χ1v) is 9.02. The van der Waals surface area contributed by atoms with E-state index >= 15 is 0 Å². The Morgan fingerprint density at radius 3 is 2.23 bits per heavy atom. The van der Waals surface area contributed by atoms with E-state index in [9.17, 15) is 9.36 Å². The number of hydrogen-bond donors (Lipinski definition) is 1. The van der Waals surface area contributed by atoms with Crippen LogP contribution in [-0.2, 0) is 25.0 Å². The quantitative estimate of drug-likeness (QED) is 0.695. The highest BCUT2D eigenvalue weighted by Crippen LogP contribution is 2.53. The summed E-state index contributed by atoms with van der Waals surface area (Å²) >= 11 is 0. The van der Waals surface area contributed by atoms with Gasteiger partial charge in [-0.1, -0.05) is 37.3 Å². The molecule has 0 bridgehead atoms. The van der Waals surface area contributed by atoms with Gasteiger partial charge in [0.2, 0.25) is 0 Å². The number of benzene rings is 1. The summed E-state index contributed by atoms with van der Waals surface area (Å²) in [6.07, 6.45) is -0.229. The molecule has 6 nitrogen and oxygen atoms in total. The summed E-state index contributed by atoms with van der Waals surface area (Å²) in [6, 6.07) is 9.33. The van der Waals surface area contributed by atoms with E-state index in [1.54, 1.807) is 20.8 Å². The summed E-state index contributed by atoms with van der Waals surface area (Å²) in [5, 5.41) is 2.57. The monoisotopic (exact) mass is 329 g/mol. The van der Waals surface area contributed by atoms with Crippen LogP contribution >= 0.6 is 7.60 Å². The lowest BCUT2D eigenvalue weighted by Gasteiger charge is -2.25. The van der Waals surface area contributed by atoms with E-state index in [-0.39, 0.29) is 19.8 Å². The van der Waals surface area contributed by atoms with Crippen LogP contribution < -0.4 is 5.32 Å². The SMILES string of the molecule is CCOP(=O)(OCC)C(CC)NC(=O)OCc1ccccc1. The van der Waals surface area contributed by atoms with E-state index in [1.165, 1.54) is 0 Å². The number of rotatable bonds is 9. The van der Waals surface area contributed by atoms with Crippen LogP contribution in [0.25, 0.3) is 0 Å². The predicted octanol–water partition coefficient (Wildman–Crippen LogP) is 3.92. The smallest absolute Gasteiger partial charge is 0.408 e. The number of carbonyl (C=O) groups excluding carboxylic acids is 1. The van der Waals surface area contributed by atoms with Crippen LogP contribution in [-0.4, -0.2) is 25.1 Å². The van der Waals surface area contributed by atoms with Crippen LogP contribution in [0.15, 0.2) is 30.3 Å². The third-order valence-electron chi connectivity index (χ3n) is 2.88. The second kappa shape index (κ2) is 9.62. The number of amides is 1. The Hall–Kier alpha value is -1.36. The molecular formula is C15H24NO5P. The maximum atomic E-state index is 12.6. The standard InChI is InChI=1S/C15H24NO5P/c1-4-14(22(18,20-5-2)21-6-3)16-15(17)19-12-13-10-8-7-9-11-13/h7-11,14H,4-6,12H2,1-3H3,(H,16,17). The molecule has 1 unspecified atom stereocenters. The fourth-order valence-corrected chi connectivity index (χ4v) is 3.75. The van der Waals surface area contributed by atoms with Crippen molar-refractivity contribution in [1.29, 1.82) is 0 Å². The molecule has 1 aromatic carbocycles. The molecule has 0 spiro atoms. The van der Waals surface area contributed by atoms with E-state index in [4.69, 9.17) is 13.8 Å². The minimum Gasteiger partial charge on any atom is -0.445 e. The van der Waals surface area contributed by atoms with Crippen molar-refractivity contribution in [1.82, 2.24) is 5.32 Å². The molecule has 124 valence electrons. The van der Waals surface area contributed by atoms with E-state index < -0.39 is 19.5 Å². The van der Waals surface area contributed by atoms with Crippen LogP contribution in [0.1, 0.15) is 32.8 Å². The first-order valence-electron chi connectivity index (χ1n) is 7.41. The van der Waals surface area contributed by atoms with Crippen molar-refractivity contribution < 1.29 is 23.1 Å². The van der Waals surface area contributed by atoms with Crippen LogP contribution in [0.2, 0.25) is 0 Å². The summed E-state index contributed by atoms with van der Waals surface area (Å²) < 4.78 is 28.3. The van der Waals surface area contributed by atoms with Crippen molar-refractivity contribution in [3.05, 3.63) is 35.9 Å². The van der Waals surface area contributed by atoms with Crippen molar-refractivity contribution in [3.8, 4) is 0 Å². The largest absolute Gasteiger partial charge is 0.445 e. The summed E-state index contributed by atoms with van der Waals surface area (Å²) in [7, 11) is -3.39. The Labute approximate surface area is 131 Å². The molecule has 0 heterocycles. The van der Waals surface area contributed by atoms with Gasteiger partial charge in [0.15, 0.2) is 0 Å². The fourth-order valence-electron chi connectivity index (χ4n) is 1.88. The zero-order chi connectivity index (χ0) is 16.4. The highest BCUT2D eigenvalue weighted by molar-refractivity contribution is 7.54. The van der Waals surface area contributed by atoms with Gasteiger partial charge in [-0.25, -0.2) is 4.79 Å². The lowest BCUT2D eigenvalue weighted by Crippen LogP contribution is -2.35. The lowest BCUT2D eigenvalue weighted by molar-refractivity contribution is 0.134. The van der Waals surface area contributed by atoms with Gasteiger partial charge in [-0.3, -0.25) is 4.57 Å². The summed E-state index contributed by atoms with van der Waals surface area (Å²) in [4.78, 5) is 11.9. The van der Waals surface area contributed by atoms with Gasteiger partial charge in [0.1, 0.15) is 12.4 Å². The van der Waals surface area contributed by atoms with Gasteiger partial charge in [0, 0.05) is 0 Å². The van der Waals surface area contributed by atoms with Gasteiger partial charge < -0.3 is 19.1 Å². The van der Waals surface area contributed by atoms with E-state index in [1.807, 2.05) is 30.3 Å². The molecule has 0 saturated heterocycles.